The normalized spacial score (nSPS) is 20.9. The highest BCUT2D eigenvalue weighted by Gasteiger charge is 2.18. The molecule has 2 heterocycles. The molecule has 1 aromatic heterocycles. The van der Waals surface area contributed by atoms with Gasteiger partial charge in [0, 0.05) is 6.54 Å². The number of nitrogens with one attached hydrogen (secondary N) is 1. The molecule has 15 heavy (non-hydrogen) atoms. The van der Waals surface area contributed by atoms with E-state index in [9.17, 15) is 0 Å². The SMILES string of the molecule is c1ccc2oc(O[C@H]3CCNC3)nc2c1. The second-order valence-electron chi connectivity index (χ2n) is 3.68. The summed E-state index contributed by atoms with van der Waals surface area (Å²) >= 11 is 0. The van der Waals surface area contributed by atoms with Crippen LogP contribution in [-0.4, -0.2) is 24.2 Å². The first kappa shape index (κ1) is 8.73. The number of hydrogen-bond acceptors (Lipinski definition) is 4. The molecule has 4 nitrogen and oxygen atoms in total. The number of fused-ring (bicyclic) bond motifs is 1. The van der Waals surface area contributed by atoms with E-state index in [1.54, 1.807) is 0 Å². The minimum absolute atomic E-state index is 0.193. The summed E-state index contributed by atoms with van der Waals surface area (Å²) < 4.78 is 11.1. The number of para-hydroxylation sites is 2. The fraction of sp³-hybridized carbons (Fsp3) is 0.364. The second kappa shape index (κ2) is 3.55. The Morgan fingerprint density at radius 3 is 3.13 bits per heavy atom. The summed E-state index contributed by atoms with van der Waals surface area (Å²) in [4.78, 5) is 4.26. The molecule has 1 atom stereocenters. The van der Waals surface area contributed by atoms with Crippen molar-refractivity contribution in [1.29, 1.82) is 0 Å². The summed E-state index contributed by atoms with van der Waals surface area (Å²) in [6.07, 6.45) is 1.58. The molecule has 1 saturated heterocycles. The van der Waals surface area contributed by atoms with Crippen LogP contribution in [0, 0.1) is 0 Å². The van der Waals surface area contributed by atoms with Gasteiger partial charge in [0.15, 0.2) is 5.58 Å². The monoisotopic (exact) mass is 204 g/mol. The lowest BCUT2D eigenvalue weighted by atomic mass is 10.3. The van der Waals surface area contributed by atoms with Gasteiger partial charge < -0.3 is 14.5 Å². The number of oxazole rings is 1. The molecule has 0 amide bonds. The molecule has 4 heteroatoms. The van der Waals surface area contributed by atoms with E-state index >= 15 is 0 Å². The third-order valence-electron chi connectivity index (χ3n) is 2.56. The smallest absolute Gasteiger partial charge is 0.394 e. The Morgan fingerprint density at radius 1 is 1.40 bits per heavy atom. The van der Waals surface area contributed by atoms with Gasteiger partial charge in [-0.2, -0.15) is 4.98 Å². The number of aromatic nitrogens is 1. The van der Waals surface area contributed by atoms with Crippen LogP contribution in [0.25, 0.3) is 11.1 Å². The maximum absolute atomic E-state index is 5.62. The van der Waals surface area contributed by atoms with E-state index in [0.29, 0.717) is 6.08 Å². The molecule has 1 N–H and O–H groups in total. The largest absolute Gasteiger partial charge is 0.445 e. The Balaban J connectivity index is 1.84. The highest BCUT2D eigenvalue weighted by Crippen LogP contribution is 2.21. The van der Waals surface area contributed by atoms with Crippen molar-refractivity contribution < 1.29 is 9.15 Å². The summed E-state index contributed by atoms with van der Waals surface area (Å²) in [6.45, 7) is 1.88. The highest BCUT2D eigenvalue weighted by molar-refractivity contribution is 5.72. The lowest BCUT2D eigenvalue weighted by molar-refractivity contribution is 0.166. The molecule has 0 aliphatic carbocycles. The summed E-state index contributed by atoms with van der Waals surface area (Å²) in [7, 11) is 0. The van der Waals surface area contributed by atoms with E-state index in [1.807, 2.05) is 24.3 Å². The van der Waals surface area contributed by atoms with E-state index < -0.39 is 0 Å². The maximum Gasteiger partial charge on any atom is 0.394 e. The Hall–Kier alpha value is -1.55. The highest BCUT2D eigenvalue weighted by atomic mass is 16.6. The van der Waals surface area contributed by atoms with Crippen molar-refractivity contribution >= 4 is 11.1 Å². The van der Waals surface area contributed by atoms with E-state index in [1.165, 1.54) is 0 Å². The van der Waals surface area contributed by atoms with Crippen LogP contribution in [0.3, 0.4) is 0 Å². The molecule has 78 valence electrons. The van der Waals surface area contributed by atoms with Crippen LogP contribution in [0.1, 0.15) is 6.42 Å². The number of rotatable bonds is 2. The number of benzene rings is 1. The molecule has 0 unspecified atom stereocenters. The number of ether oxygens (including phenoxy) is 1. The van der Waals surface area contributed by atoms with Crippen molar-refractivity contribution in [3.05, 3.63) is 24.3 Å². The number of nitrogens with zero attached hydrogens (tertiary/aromatic N) is 1. The van der Waals surface area contributed by atoms with Crippen molar-refractivity contribution in [2.24, 2.45) is 0 Å². The third kappa shape index (κ3) is 1.68. The molecule has 1 aromatic carbocycles. The van der Waals surface area contributed by atoms with Crippen LogP contribution >= 0.6 is 0 Å². The first-order valence-corrected chi connectivity index (χ1v) is 5.15. The zero-order valence-electron chi connectivity index (χ0n) is 8.27. The van der Waals surface area contributed by atoms with Gasteiger partial charge in [-0.05, 0) is 25.1 Å². The van der Waals surface area contributed by atoms with Crippen LogP contribution in [0.2, 0.25) is 0 Å². The molecule has 0 spiro atoms. The second-order valence-corrected chi connectivity index (χ2v) is 3.68. The van der Waals surface area contributed by atoms with Gasteiger partial charge in [-0.15, -0.1) is 0 Å². The minimum atomic E-state index is 0.193. The molecule has 0 saturated carbocycles. The van der Waals surface area contributed by atoms with Gasteiger partial charge in [-0.1, -0.05) is 12.1 Å². The van der Waals surface area contributed by atoms with Gasteiger partial charge in [0.1, 0.15) is 11.6 Å². The first-order valence-electron chi connectivity index (χ1n) is 5.15. The van der Waals surface area contributed by atoms with E-state index in [4.69, 9.17) is 9.15 Å². The van der Waals surface area contributed by atoms with Gasteiger partial charge in [0.05, 0.1) is 0 Å². The van der Waals surface area contributed by atoms with Crippen molar-refractivity contribution in [1.82, 2.24) is 10.3 Å². The van der Waals surface area contributed by atoms with Gasteiger partial charge in [-0.3, -0.25) is 0 Å². The lowest BCUT2D eigenvalue weighted by Crippen LogP contribution is -2.19. The molecule has 1 aliphatic heterocycles. The predicted molar refractivity (Wildman–Crippen MR) is 55.9 cm³/mol. The van der Waals surface area contributed by atoms with Gasteiger partial charge in [0.25, 0.3) is 0 Å². The fourth-order valence-electron chi connectivity index (χ4n) is 1.77. The van der Waals surface area contributed by atoms with Crippen LogP contribution in [0.4, 0.5) is 0 Å². The fourth-order valence-corrected chi connectivity index (χ4v) is 1.77. The van der Waals surface area contributed by atoms with Gasteiger partial charge in [-0.25, -0.2) is 0 Å². The zero-order chi connectivity index (χ0) is 10.1. The van der Waals surface area contributed by atoms with Crippen molar-refractivity contribution in [3.8, 4) is 6.08 Å². The topological polar surface area (TPSA) is 47.3 Å². The molecule has 3 rings (SSSR count). The first-order chi connectivity index (χ1) is 7.42. The summed E-state index contributed by atoms with van der Waals surface area (Å²) in [5, 5.41) is 3.23. The summed E-state index contributed by atoms with van der Waals surface area (Å²) in [5.41, 5.74) is 1.62. The molecule has 1 fully saturated rings. The standard InChI is InChI=1S/C11H12N2O2/c1-2-4-10-9(3-1)13-11(15-10)14-8-5-6-12-7-8/h1-4,8,12H,5-7H2/t8-/m0/s1. The molecular formula is C11H12N2O2. The average Bonchev–Trinajstić information content (AvgIpc) is 2.86. The van der Waals surface area contributed by atoms with E-state index in [0.717, 1.165) is 30.6 Å². The van der Waals surface area contributed by atoms with Crippen molar-refractivity contribution in [2.45, 2.75) is 12.5 Å². The Labute approximate surface area is 87.2 Å². The zero-order valence-corrected chi connectivity index (χ0v) is 8.27. The third-order valence-corrected chi connectivity index (χ3v) is 2.56. The quantitative estimate of drug-likeness (QED) is 0.806. The lowest BCUT2D eigenvalue weighted by Gasteiger charge is -2.06. The van der Waals surface area contributed by atoms with Crippen LogP contribution in [0.15, 0.2) is 28.7 Å². The summed E-state index contributed by atoms with van der Waals surface area (Å²) in [5.74, 6) is 0. The summed E-state index contributed by atoms with van der Waals surface area (Å²) in [6, 6.07) is 7.67. The molecule has 2 aromatic rings. The number of hydrogen-bond donors (Lipinski definition) is 1. The van der Waals surface area contributed by atoms with E-state index in [2.05, 4.69) is 10.3 Å². The molecular weight excluding hydrogens is 192 g/mol. The van der Waals surface area contributed by atoms with Gasteiger partial charge >= 0.3 is 6.08 Å². The molecule has 1 aliphatic rings. The minimum Gasteiger partial charge on any atom is -0.445 e. The van der Waals surface area contributed by atoms with E-state index in [-0.39, 0.29) is 6.10 Å². The Morgan fingerprint density at radius 2 is 2.33 bits per heavy atom. The van der Waals surface area contributed by atoms with Crippen molar-refractivity contribution in [2.75, 3.05) is 13.1 Å². The average molecular weight is 204 g/mol. The maximum atomic E-state index is 5.62. The van der Waals surface area contributed by atoms with Crippen LogP contribution in [0.5, 0.6) is 6.08 Å². The van der Waals surface area contributed by atoms with Crippen molar-refractivity contribution in [3.63, 3.8) is 0 Å². The molecule has 0 radical (unpaired) electrons. The predicted octanol–water partition coefficient (Wildman–Crippen LogP) is 1.57. The Bertz CT molecular complexity index is 427. The van der Waals surface area contributed by atoms with Gasteiger partial charge in [0.2, 0.25) is 0 Å². The van der Waals surface area contributed by atoms with Crippen LogP contribution < -0.4 is 10.1 Å². The molecule has 0 bridgehead atoms. The van der Waals surface area contributed by atoms with Crippen LogP contribution in [-0.2, 0) is 0 Å². The Kier molecular flexibility index (Phi) is 2.07.